The summed E-state index contributed by atoms with van der Waals surface area (Å²) in [5, 5.41) is 15.4. The number of nitrogens with one attached hydrogen (secondary N) is 3. The zero-order valence-corrected chi connectivity index (χ0v) is 16.3. The zero-order chi connectivity index (χ0) is 22.7. The second kappa shape index (κ2) is 12.3. The average molecular weight is 416 g/mol. The normalized spacial score (nSPS) is 13.7. The number of carboxylic acids is 1. The van der Waals surface area contributed by atoms with Crippen molar-refractivity contribution in [1.29, 1.82) is 0 Å². The van der Waals surface area contributed by atoms with E-state index in [1.54, 1.807) is 13.8 Å². The molecule has 164 valence electrons. The lowest BCUT2D eigenvalue weighted by Gasteiger charge is -2.24. The van der Waals surface area contributed by atoms with E-state index in [0.29, 0.717) is 0 Å². The van der Waals surface area contributed by atoms with Gasteiger partial charge in [0.15, 0.2) is 0 Å². The van der Waals surface area contributed by atoms with Gasteiger partial charge in [0.05, 0.1) is 18.9 Å². The van der Waals surface area contributed by atoms with Gasteiger partial charge >= 0.3 is 5.97 Å². The summed E-state index contributed by atoms with van der Waals surface area (Å²) in [6, 6.07) is -3.92. The molecule has 29 heavy (non-hydrogen) atoms. The lowest BCUT2D eigenvalue weighted by Crippen LogP contribution is -2.57. The highest BCUT2D eigenvalue weighted by Gasteiger charge is 2.30. The summed E-state index contributed by atoms with van der Waals surface area (Å²) in [6.45, 7) is 2.90. The highest BCUT2D eigenvalue weighted by Crippen LogP contribution is 2.06. The van der Waals surface area contributed by atoms with E-state index in [2.05, 4.69) is 16.0 Å². The Hall–Kier alpha value is -3.22. The van der Waals surface area contributed by atoms with Crippen LogP contribution in [0.5, 0.6) is 0 Å². The van der Waals surface area contributed by atoms with Crippen LogP contribution in [-0.2, 0) is 28.8 Å². The first-order valence-corrected chi connectivity index (χ1v) is 8.75. The molecule has 10 N–H and O–H groups in total. The molecule has 0 rings (SSSR count). The molecule has 0 aromatic heterocycles. The molecule has 0 spiro atoms. The molecule has 13 heteroatoms. The van der Waals surface area contributed by atoms with E-state index in [9.17, 15) is 28.8 Å². The summed E-state index contributed by atoms with van der Waals surface area (Å²) in [4.78, 5) is 69.5. The van der Waals surface area contributed by atoms with Crippen LogP contribution in [0.2, 0.25) is 0 Å². The van der Waals surface area contributed by atoms with Crippen LogP contribution in [-0.4, -0.2) is 65.3 Å². The van der Waals surface area contributed by atoms with Crippen LogP contribution in [0.25, 0.3) is 0 Å². The highest BCUT2D eigenvalue weighted by atomic mass is 16.4. The van der Waals surface area contributed by atoms with Crippen LogP contribution >= 0.6 is 0 Å². The first kappa shape index (κ1) is 25.8. The minimum Gasteiger partial charge on any atom is -0.480 e. The summed E-state index contributed by atoms with van der Waals surface area (Å²) in [6.07, 6.45) is -0.911. The summed E-state index contributed by atoms with van der Waals surface area (Å²) in [5.41, 5.74) is 15.6. The Kier molecular flexibility index (Phi) is 10.9. The molecule has 0 aromatic carbocycles. The first-order valence-electron chi connectivity index (χ1n) is 8.75. The van der Waals surface area contributed by atoms with Crippen molar-refractivity contribution in [3.63, 3.8) is 0 Å². The predicted molar refractivity (Wildman–Crippen MR) is 99.6 cm³/mol. The molecule has 0 saturated heterocycles. The predicted octanol–water partition coefficient (Wildman–Crippen LogP) is -3.72. The topological polar surface area (TPSA) is 237 Å². The Balaban J connectivity index is 5.28. The largest absolute Gasteiger partial charge is 0.480 e. The lowest BCUT2D eigenvalue weighted by atomic mass is 10.0. The fraction of sp³-hybridized carbons (Fsp3) is 0.625. The minimum atomic E-state index is -1.46. The van der Waals surface area contributed by atoms with Crippen LogP contribution in [0, 0.1) is 5.92 Å². The molecular formula is C16H28N6O7. The molecule has 0 aliphatic rings. The minimum absolute atomic E-state index is 0.0518. The van der Waals surface area contributed by atoms with Crippen molar-refractivity contribution in [2.45, 2.75) is 51.2 Å². The molecule has 0 fully saturated rings. The number of primary amides is 2. The van der Waals surface area contributed by atoms with E-state index in [1.165, 1.54) is 0 Å². The third kappa shape index (κ3) is 11.3. The van der Waals surface area contributed by atoms with Crippen molar-refractivity contribution >= 4 is 35.5 Å². The van der Waals surface area contributed by atoms with E-state index in [4.69, 9.17) is 22.3 Å². The number of hydrogen-bond donors (Lipinski definition) is 7. The number of carbonyl (C=O) groups excluding carboxylic acids is 5. The third-order valence-corrected chi connectivity index (χ3v) is 3.55. The van der Waals surface area contributed by atoms with Crippen molar-refractivity contribution in [1.82, 2.24) is 16.0 Å². The first-order chi connectivity index (χ1) is 13.3. The molecule has 5 amide bonds. The van der Waals surface area contributed by atoms with Gasteiger partial charge in [-0.15, -0.1) is 0 Å². The standard InChI is InChI=1S/C16H28N6O7/c1-7(2)3-9(15(28)20-6-13(25)26)22-16(29)10(5-12(19)24)21-14(27)8(17)4-11(18)23/h7-10H,3-6,17H2,1-2H3,(H2,18,23)(H2,19,24)(H,20,28)(H,21,27)(H,22,29)(H,25,26). The van der Waals surface area contributed by atoms with Crippen molar-refractivity contribution < 1.29 is 33.9 Å². The highest BCUT2D eigenvalue weighted by molar-refractivity contribution is 5.96. The number of carboxylic acid groups (broad SMARTS) is 1. The van der Waals surface area contributed by atoms with Crippen molar-refractivity contribution in [3.05, 3.63) is 0 Å². The fourth-order valence-corrected chi connectivity index (χ4v) is 2.26. The van der Waals surface area contributed by atoms with Gasteiger partial charge in [-0.2, -0.15) is 0 Å². The molecule has 0 aliphatic heterocycles. The lowest BCUT2D eigenvalue weighted by molar-refractivity contribution is -0.139. The number of rotatable bonds is 13. The molecule has 0 bridgehead atoms. The Morgan fingerprint density at radius 1 is 0.828 bits per heavy atom. The van der Waals surface area contributed by atoms with Gasteiger partial charge in [-0.3, -0.25) is 28.8 Å². The molecule has 3 atom stereocenters. The summed E-state index contributed by atoms with van der Waals surface area (Å²) in [7, 11) is 0. The summed E-state index contributed by atoms with van der Waals surface area (Å²) in [5.74, 6) is -5.64. The quantitative estimate of drug-likeness (QED) is 0.157. The molecule has 0 heterocycles. The number of aliphatic carboxylic acids is 1. The summed E-state index contributed by atoms with van der Waals surface area (Å²) >= 11 is 0. The van der Waals surface area contributed by atoms with Gasteiger partial charge in [-0.25, -0.2) is 0 Å². The number of amides is 5. The van der Waals surface area contributed by atoms with Crippen LogP contribution in [0.15, 0.2) is 0 Å². The third-order valence-electron chi connectivity index (χ3n) is 3.55. The number of nitrogens with two attached hydrogens (primary N) is 3. The van der Waals surface area contributed by atoms with Gasteiger partial charge in [0.2, 0.25) is 29.5 Å². The molecule has 0 aliphatic carbocycles. The van der Waals surface area contributed by atoms with Gasteiger partial charge in [0, 0.05) is 0 Å². The van der Waals surface area contributed by atoms with Gasteiger partial charge in [0.1, 0.15) is 18.6 Å². The average Bonchev–Trinajstić information content (AvgIpc) is 2.56. The SMILES string of the molecule is CC(C)CC(NC(=O)C(CC(N)=O)NC(=O)C(N)CC(N)=O)C(=O)NCC(=O)O. The maximum atomic E-state index is 12.5. The second-order valence-corrected chi connectivity index (χ2v) is 6.81. The molecule has 0 aromatic rings. The van der Waals surface area contributed by atoms with Crippen LogP contribution in [0.4, 0.5) is 0 Å². The molecular weight excluding hydrogens is 388 g/mol. The van der Waals surface area contributed by atoms with Crippen LogP contribution < -0.4 is 33.2 Å². The zero-order valence-electron chi connectivity index (χ0n) is 16.3. The van der Waals surface area contributed by atoms with E-state index >= 15 is 0 Å². The maximum absolute atomic E-state index is 12.5. The Labute approximate surface area is 167 Å². The smallest absolute Gasteiger partial charge is 0.322 e. The van der Waals surface area contributed by atoms with E-state index in [1.807, 2.05) is 0 Å². The number of carbonyl (C=O) groups is 6. The van der Waals surface area contributed by atoms with Crippen molar-refractivity contribution in [2.75, 3.05) is 6.54 Å². The molecule has 0 radical (unpaired) electrons. The van der Waals surface area contributed by atoms with Gasteiger partial charge in [-0.1, -0.05) is 13.8 Å². The Morgan fingerprint density at radius 2 is 1.34 bits per heavy atom. The Bertz CT molecular complexity index is 652. The van der Waals surface area contributed by atoms with Crippen molar-refractivity contribution in [3.8, 4) is 0 Å². The fourth-order valence-electron chi connectivity index (χ4n) is 2.26. The van der Waals surface area contributed by atoms with Crippen LogP contribution in [0.1, 0.15) is 33.1 Å². The Morgan fingerprint density at radius 3 is 1.79 bits per heavy atom. The van der Waals surface area contributed by atoms with E-state index < -0.39 is 73.0 Å². The second-order valence-electron chi connectivity index (χ2n) is 6.81. The summed E-state index contributed by atoms with van der Waals surface area (Å²) < 4.78 is 0. The van der Waals surface area contributed by atoms with Crippen LogP contribution in [0.3, 0.4) is 0 Å². The molecule has 0 saturated carbocycles. The van der Waals surface area contributed by atoms with Gasteiger partial charge < -0.3 is 38.3 Å². The maximum Gasteiger partial charge on any atom is 0.322 e. The van der Waals surface area contributed by atoms with Crippen molar-refractivity contribution in [2.24, 2.45) is 23.1 Å². The molecule has 3 unspecified atom stereocenters. The van der Waals surface area contributed by atoms with E-state index in [-0.39, 0.29) is 12.3 Å². The number of hydrogen-bond acceptors (Lipinski definition) is 7. The van der Waals surface area contributed by atoms with Gasteiger partial charge in [-0.05, 0) is 12.3 Å². The molecule has 13 nitrogen and oxygen atoms in total. The van der Waals surface area contributed by atoms with Gasteiger partial charge in [0.25, 0.3) is 0 Å². The van der Waals surface area contributed by atoms with E-state index in [0.717, 1.165) is 0 Å². The monoisotopic (exact) mass is 416 g/mol.